The van der Waals surface area contributed by atoms with Gasteiger partial charge in [0.1, 0.15) is 5.84 Å². The van der Waals surface area contributed by atoms with E-state index in [9.17, 15) is 4.79 Å². The van der Waals surface area contributed by atoms with Crippen LogP contribution in [0.3, 0.4) is 0 Å². The number of rotatable bonds is 3. The Morgan fingerprint density at radius 2 is 1.95 bits per heavy atom. The highest BCUT2D eigenvalue weighted by molar-refractivity contribution is 5.97. The predicted molar refractivity (Wildman–Crippen MR) is 77.4 cm³/mol. The summed E-state index contributed by atoms with van der Waals surface area (Å²) < 4.78 is 0. The first kappa shape index (κ1) is 11.7. The fraction of sp³-hybridized carbons (Fsp3) is 0.375. The van der Waals surface area contributed by atoms with Crippen LogP contribution in [0.4, 0.5) is 5.69 Å². The van der Waals surface area contributed by atoms with E-state index in [2.05, 4.69) is 17.5 Å². The average Bonchev–Trinajstić information content (AvgIpc) is 3.09. The molecule has 1 aromatic rings. The Bertz CT molecular complexity index is 634. The van der Waals surface area contributed by atoms with Crippen LogP contribution < -0.4 is 11.1 Å². The molecule has 3 aliphatic rings. The number of nitrogens with one attached hydrogen (secondary N) is 2. The number of anilines is 1. The fourth-order valence-electron chi connectivity index (χ4n) is 4.03. The van der Waals surface area contributed by atoms with Gasteiger partial charge in [-0.1, -0.05) is 12.2 Å². The number of hydrogen-bond donors (Lipinski definition) is 3. The first-order chi connectivity index (χ1) is 9.61. The van der Waals surface area contributed by atoms with Crippen LogP contribution in [-0.4, -0.2) is 11.7 Å². The Morgan fingerprint density at radius 3 is 2.55 bits per heavy atom. The van der Waals surface area contributed by atoms with Crippen molar-refractivity contribution in [2.24, 2.45) is 28.9 Å². The normalized spacial score (nSPS) is 35.7. The molecule has 1 spiro atoms. The lowest BCUT2D eigenvalue weighted by Gasteiger charge is -2.42. The van der Waals surface area contributed by atoms with Crippen LogP contribution in [0.15, 0.2) is 36.4 Å². The molecule has 4 unspecified atom stereocenters. The molecule has 0 radical (unpaired) electrons. The molecular formula is C16H17N3O. The van der Waals surface area contributed by atoms with Crippen LogP contribution in [0.25, 0.3) is 0 Å². The molecule has 3 aliphatic carbocycles. The van der Waals surface area contributed by atoms with Gasteiger partial charge in [-0.15, -0.1) is 0 Å². The third kappa shape index (κ3) is 1.42. The van der Waals surface area contributed by atoms with Crippen molar-refractivity contribution in [1.82, 2.24) is 0 Å². The molecule has 4 N–H and O–H groups in total. The SMILES string of the molecule is N=C(N)c1ccc(NC(=O)C2CC3C=CC4CC342)cc1. The van der Waals surface area contributed by atoms with Crippen molar-refractivity contribution in [2.45, 2.75) is 12.8 Å². The van der Waals surface area contributed by atoms with E-state index >= 15 is 0 Å². The number of allylic oxidation sites excluding steroid dienone is 2. The van der Waals surface area contributed by atoms with E-state index in [1.54, 1.807) is 24.3 Å². The molecule has 4 rings (SSSR count). The minimum Gasteiger partial charge on any atom is -0.384 e. The Morgan fingerprint density at radius 1 is 1.25 bits per heavy atom. The first-order valence-electron chi connectivity index (χ1n) is 7.05. The van der Waals surface area contributed by atoms with Crippen LogP contribution in [-0.2, 0) is 4.79 Å². The monoisotopic (exact) mass is 267 g/mol. The van der Waals surface area contributed by atoms with Crippen LogP contribution >= 0.6 is 0 Å². The molecule has 0 heterocycles. The number of amidine groups is 1. The summed E-state index contributed by atoms with van der Waals surface area (Å²) in [5, 5.41) is 10.3. The highest BCUT2D eigenvalue weighted by Gasteiger charge is 2.72. The first-order valence-corrected chi connectivity index (χ1v) is 7.05. The molecule has 1 amide bonds. The minimum absolute atomic E-state index is 0.0430. The van der Waals surface area contributed by atoms with Gasteiger partial charge in [0.05, 0.1) is 0 Å². The lowest BCUT2D eigenvalue weighted by Crippen LogP contribution is -2.44. The molecule has 0 saturated heterocycles. The third-order valence-corrected chi connectivity index (χ3v) is 5.29. The summed E-state index contributed by atoms with van der Waals surface area (Å²) in [6.45, 7) is 0. The van der Waals surface area contributed by atoms with Gasteiger partial charge < -0.3 is 11.1 Å². The summed E-state index contributed by atoms with van der Waals surface area (Å²) in [7, 11) is 0. The van der Waals surface area contributed by atoms with Crippen molar-refractivity contribution in [3.63, 3.8) is 0 Å². The van der Waals surface area contributed by atoms with Crippen molar-refractivity contribution in [2.75, 3.05) is 5.32 Å². The van der Waals surface area contributed by atoms with Crippen molar-refractivity contribution >= 4 is 17.4 Å². The highest BCUT2D eigenvalue weighted by Crippen LogP contribution is 2.75. The quantitative estimate of drug-likeness (QED) is 0.445. The molecule has 0 bridgehead atoms. The summed E-state index contributed by atoms with van der Waals surface area (Å²) in [4.78, 5) is 12.4. The number of amides is 1. The molecule has 4 nitrogen and oxygen atoms in total. The molecule has 0 aromatic heterocycles. The molecular weight excluding hydrogens is 250 g/mol. The van der Waals surface area contributed by atoms with Gasteiger partial charge in [-0.3, -0.25) is 10.2 Å². The molecule has 20 heavy (non-hydrogen) atoms. The second-order valence-electron chi connectivity index (χ2n) is 6.18. The van der Waals surface area contributed by atoms with E-state index in [1.165, 1.54) is 6.42 Å². The van der Waals surface area contributed by atoms with Crippen LogP contribution in [0.2, 0.25) is 0 Å². The Kier molecular flexibility index (Phi) is 2.18. The molecule has 2 saturated carbocycles. The second kappa shape index (κ2) is 3.72. The lowest BCUT2D eigenvalue weighted by atomic mass is 9.62. The Balaban J connectivity index is 1.45. The predicted octanol–water partition coefficient (Wildman–Crippen LogP) is 2.12. The maximum Gasteiger partial charge on any atom is 0.228 e. The van der Waals surface area contributed by atoms with E-state index in [1.807, 2.05) is 0 Å². The van der Waals surface area contributed by atoms with Crippen LogP contribution in [0.1, 0.15) is 18.4 Å². The van der Waals surface area contributed by atoms with Gasteiger partial charge in [0, 0.05) is 17.2 Å². The number of hydrogen-bond acceptors (Lipinski definition) is 2. The number of carbonyl (C=O) groups excluding carboxylic acids is 1. The van der Waals surface area contributed by atoms with Crippen molar-refractivity contribution in [3.8, 4) is 0 Å². The van der Waals surface area contributed by atoms with E-state index in [-0.39, 0.29) is 23.1 Å². The topological polar surface area (TPSA) is 79.0 Å². The summed E-state index contributed by atoms with van der Waals surface area (Å²) in [5.41, 5.74) is 7.15. The van der Waals surface area contributed by atoms with Gasteiger partial charge in [0.15, 0.2) is 0 Å². The van der Waals surface area contributed by atoms with E-state index in [0.717, 1.165) is 12.1 Å². The van der Waals surface area contributed by atoms with Crippen LogP contribution in [0, 0.1) is 28.6 Å². The molecule has 1 aromatic carbocycles. The second-order valence-corrected chi connectivity index (χ2v) is 6.18. The summed E-state index contributed by atoms with van der Waals surface area (Å²) in [6, 6.07) is 7.13. The van der Waals surface area contributed by atoms with Crippen molar-refractivity contribution in [3.05, 3.63) is 42.0 Å². The fourth-order valence-corrected chi connectivity index (χ4v) is 4.03. The third-order valence-electron chi connectivity index (χ3n) is 5.29. The van der Waals surface area contributed by atoms with E-state index < -0.39 is 0 Å². The molecule has 4 heteroatoms. The number of nitrogens with two attached hydrogens (primary N) is 1. The molecule has 4 atom stereocenters. The van der Waals surface area contributed by atoms with Gasteiger partial charge in [0.25, 0.3) is 0 Å². The zero-order valence-corrected chi connectivity index (χ0v) is 11.1. The Hall–Kier alpha value is -2.10. The maximum absolute atomic E-state index is 12.4. The minimum atomic E-state index is 0.0430. The van der Waals surface area contributed by atoms with Crippen molar-refractivity contribution in [1.29, 1.82) is 5.41 Å². The van der Waals surface area contributed by atoms with Gasteiger partial charge >= 0.3 is 0 Å². The maximum atomic E-state index is 12.4. The molecule has 0 aliphatic heterocycles. The summed E-state index contributed by atoms with van der Waals surface area (Å²) in [6.07, 6.45) is 6.76. The van der Waals surface area contributed by atoms with Crippen molar-refractivity contribution < 1.29 is 4.79 Å². The van der Waals surface area contributed by atoms with E-state index in [0.29, 0.717) is 17.4 Å². The summed E-state index contributed by atoms with van der Waals surface area (Å²) in [5.74, 6) is 1.64. The summed E-state index contributed by atoms with van der Waals surface area (Å²) >= 11 is 0. The zero-order valence-electron chi connectivity index (χ0n) is 11.1. The molecule has 2 fully saturated rings. The Labute approximate surface area is 117 Å². The van der Waals surface area contributed by atoms with Gasteiger partial charge in [-0.2, -0.15) is 0 Å². The van der Waals surface area contributed by atoms with Gasteiger partial charge in [-0.05, 0) is 54.4 Å². The largest absolute Gasteiger partial charge is 0.384 e. The zero-order chi connectivity index (χ0) is 13.9. The standard InChI is InChI=1S/C16H17N3O/c17-14(18)9-1-5-12(6-2-9)19-15(20)13-7-10-3-4-11-8-16(10,11)13/h1-6,10-11,13H,7-8H2,(H3,17,18)(H,19,20). The average molecular weight is 267 g/mol. The van der Waals surface area contributed by atoms with Gasteiger partial charge in [-0.25, -0.2) is 0 Å². The highest BCUT2D eigenvalue weighted by atomic mass is 16.2. The number of nitrogen functional groups attached to an aromatic ring is 1. The van der Waals surface area contributed by atoms with Gasteiger partial charge in [0.2, 0.25) is 5.91 Å². The van der Waals surface area contributed by atoms with E-state index in [4.69, 9.17) is 11.1 Å². The number of carbonyl (C=O) groups is 1. The number of benzene rings is 1. The van der Waals surface area contributed by atoms with Crippen LogP contribution in [0.5, 0.6) is 0 Å². The molecule has 102 valence electrons. The lowest BCUT2D eigenvalue weighted by molar-refractivity contribution is -0.128. The smallest absolute Gasteiger partial charge is 0.228 e.